The first-order chi connectivity index (χ1) is 17.8. The molecule has 2 aliphatic heterocycles. The molecule has 0 aliphatic carbocycles. The Balaban J connectivity index is 1.23. The third-order valence-electron chi connectivity index (χ3n) is 6.48. The number of rotatable bonds is 8. The first-order valence-electron chi connectivity index (χ1n) is 12.3. The Morgan fingerprint density at radius 3 is 2.67 bits per heavy atom. The van der Waals surface area contributed by atoms with Gasteiger partial charge in [0, 0.05) is 23.9 Å². The van der Waals surface area contributed by atoms with Gasteiger partial charge in [-0.1, -0.05) is 6.07 Å². The Morgan fingerprint density at radius 1 is 0.944 bits per heavy atom. The summed E-state index contributed by atoms with van der Waals surface area (Å²) >= 11 is 0. The van der Waals surface area contributed by atoms with Crippen LogP contribution in [0.2, 0.25) is 0 Å². The number of fused-ring (bicyclic) bond motifs is 2. The van der Waals surface area contributed by atoms with Crippen LogP contribution in [0.5, 0.6) is 23.0 Å². The second-order valence-corrected chi connectivity index (χ2v) is 8.86. The van der Waals surface area contributed by atoms with Crippen molar-refractivity contribution in [1.82, 2.24) is 19.5 Å². The lowest BCUT2D eigenvalue weighted by Gasteiger charge is -2.19. The molecule has 6 rings (SSSR count). The van der Waals surface area contributed by atoms with E-state index in [0.717, 1.165) is 53.7 Å². The minimum atomic E-state index is 0.494. The van der Waals surface area contributed by atoms with Crippen molar-refractivity contribution in [2.75, 3.05) is 51.9 Å². The first kappa shape index (κ1) is 22.5. The molecule has 0 bridgehead atoms. The zero-order chi connectivity index (χ0) is 24.3. The molecule has 2 aliphatic rings. The van der Waals surface area contributed by atoms with Crippen molar-refractivity contribution < 1.29 is 18.9 Å². The van der Waals surface area contributed by atoms with Gasteiger partial charge in [0.1, 0.15) is 19.8 Å². The zero-order valence-electron chi connectivity index (χ0n) is 20.3. The van der Waals surface area contributed by atoms with Crippen LogP contribution in [-0.2, 0) is 0 Å². The van der Waals surface area contributed by atoms with Crippen LogP contribution in [0.15, 0.2) is 54.6 Å². The highest BCUT2D eigenvalue weighted by Gasteiger charge is 2.16. The molecule has 0 unspecified atom stereocenters. The molecular formula is C27H29N5O4. The van der Waals surface area contributed by atoms with E-state index in [1.807, 2.05) is 59.1 Å². The summed E-state index contributed by atoms with van der Waals surface area (Å²) in [7, 11) is 1.65. The maximum Gasteiger partial charge on any atom is 0.247 e. The molecule has 4 aromatic rings. The van der Waals surface area contributed by atoms with Crippen molar-refractivity contribution in [1.29, 1.82) is 0 Å². The van der Waals surface area contributed by atoms with E-state index in [-0.39, 0.29) is 0 Å². The number of pyridine rings is 1. The maximum absolute atomic E-state index is 6.07. The number of hydrogen-bond donors (Lipinski definition) is 1. The largest absolute Gasteiger partial charge is 0.493 e. The Labute approximate surface area is 209 Å². The lowest BCUT2D eigenvalue weighted by atomic mass is 10.1. The number of likely N-dealkylation sites (tertiary alicyclic amines) is 1. The monoisotopic (exact) mass is 487 g/mol. The van der Waals surface area contributed by atoms with Gasteiger partial charge in [0.05, 0.1) is 12.8 Å². The summed E-state index contributed by atoms with van der Waals surface area (Å²) in [5, 5.41) is 8.04. The molecule has 0 atom stereocenters. The molecule has 2 aromatic carbocycles. The number of hydrogen-bond acceptors (Lipinski definition) is 8. The lowest BCUT2D eigenvalue weighted by Crippen LogP contribution is -2.25. The van der Waals surface area contributed by atoms with Crippen LogP contribution >= 0.6 is 0 Å². The van der Waals surface area contributed by atoms with E-state index < -0.39 is 0 Å². The van der Waals surface area contributed by atoms with E-state index in [2.05, 4.69) is 15.2 Å². The van der Waals surface area contributed by atoms with Crippen LogP contribution in [0.3, 0.4) is 0 Å². The fourth-order valence-electron chi connectivity index (χ4n) is 4.67. The van der Waals surface area contributed by atoms with E-state index in [1.165, 1.54) is 12.8 Å². The van der Waals surface area contributed by atoms with E-state index >= 15 is 0 Å². The summed E-state index contributed by atoms with van der Waals surface area (Å²) in [6, 6.07) is 17.6. The van der Waals surface area contributed by atoms with Crippen molar-refractivity contribution in [2.24, 2.45) is 0 Å². The van der Waals surface area contributed by atoms with Crippen LogP contribution < -0.4 is 24.3 Å². The number of anilines is 2. The summed E-state index contributed by atoms with van der Waals surface area (Å²) < 4.78 is 24.8. The molecule has 4 heterocycles. The van der Waals surface area contributed by atoms with Gasteiger partial charge in [0.25, 0.3) is 0 Å². The number of methoxy groups -OCH3 is 1. The highest BCUT2D eigenvalue weighted by molar-refractivity contribution is 5.68. The average molecular weight is 488 g/mol. The molecule has 9 heteroatoms. The number of ether oxygens (including phenoxy) is 4. The van der Waals surface area contributed by atoms with Gasteiger partial charge in [0.2, 0.25) is 5.95 Å². The first-order valence-corrected chi connectivity index (χ1v) is 12.3. The predicted octanol–water partition coefficient (Wildman–Crippen LogP) is 4.39. The van der Waals surface area contributed by atoms with E-state index in [9.17, 15) is 0 Å². The van der Waals surface area contributed by atoms with Crippen LogP contribution in [0.4, 0.5) is 11.6 Å². The number of nitrogens with zero attached hydrogens (tertiary/aromatic N) is 4. The van der Waals surface area contributed by atoms with Gasteiger partial charge in [-0.25, -0.2) is 4.52 Å². The smallest absolute Gasteiger partial charge is 0.247 e. The molecule has 1 fully saturated rings. The van der Waals surface area contributed by atoms with Crippen molar-refractivity contribution in [3.8, 4) is 34.3 Å². The standard InChI is InChI=1S/C27H29N5O4/c1-33-22-10-8-20(18-25(22)34-14-13-31-11-2-3-12-31)28-27-29-26-6-4-5-21(32(26)30-27)19-7-9-23-24(17-19)36-16-15-35-23/h4-10,17-18H,2-3,11-16H2,1H3,(H,28,30). The van der Waals surface area contributed by atoms with Crippen LogP contribution in [0, 0.1) is 0 Å². The Bertz CT molecular complexity index is 1370. The minimum absolute atomic E-state index is 0.494. The molecule has 2 aromatic heterocycles. The average Bonchev–Trinajstić information content (AvgIpc) is 3.58. The second-order valence-electron chi connectivity index (χ2n) is 8.86. The summed E-state index contributed by atoms with van der Waals surface area (Å²) in [5.41, 5.74) is 3.44. The normalized spacial score (nSPS) is 15.2. The van der Waals surface area contributed by atoms with Gasteiger partial charge in [0.15, 0.2) is 28.6 Å². The Hall–Kier alpha value is -3.98. The molecule has 1 saturated heterocycles. The third kappa shape index (κ3) is 4.61. The summed E-state index contributed by atoms with van der Waals surface area (Å²) in [5.74, 6) is 3.39. The van der Waals surface area contributed by atoms with Gasteiger partial charge in [-0.2, -0.15) is 4.98 Å². The summed E-state index contributed by atoms with van der Waals surface area (Å²) in [6.07, 6.45) is 2.54. The van der Waals surface area contributed by atoms with Gasteiger partial charge in [-0.3, -0.25) is 4.90 Å². The Morgan fingerprint density at radius 2 is 1.81 bits per heavy atom. The summed E-state index contributed by atoms with van der Waals surface area (Å²) in [6.45, 7) is 4.94. The van der Waals surface area contributed by atoms with Gasteiger partial charge in [-0.05, 0) is 68.4 Å². The lowest BCUT2D eigenvalue weighted by molar-refractivity contribution is 0.171. The van der Waals surface area contributed by atoms with Gasteiger partial charge >= 0.3 is 0 Å². The molecule has 36 heavy (non-hydrogen) atoms. The molecule has 186 valence electrons. The minimum Gasteiger partial charge on any atom is -0.493 e. The highest BCUT2D eigenvalue weighted by atomic mass is 16.6. The van der Waals surface area contributed by atoms with Crippen LogP contribution in [0.25, 0.3) is 16.9 Å². The molecule has 1 N–H and O–H groups in total. The quantitative estimate of drug-likeness (QED) is 0.392. The molecule has 0 amide bonds. The van der Waals surface area contributed by atoms with Gasteiger partial charge in [-0.15, -0.1) is 5.10 Å². The molecule has 0 saturated carbocycles. The Kier molecular flexibility index (Phi) is 6.21. The van der Waals surface area contributed by atoms with Crippen molar-refractivity contribution in [3.63, 3.8) is 0 Å². The SMILES string of the molecule is COc1ccc(Nc2nc3cccc(-c4ccc5c(c4)OCCO5)n3n2)cc1OCCN1CCCC1. The number of nitrogens with one attached hydrogen (secondary N) is 1. The molecule has 9 nitrogen and oxygen atoms in total. The highest BCUT2D eigenvalue weighted by Crippen LogP contribution is 2.35. The number of aromatic nitrogens is 3. The third-order valence-corrected chi connectivity index (χ3v) is 6.48. The summed E-state index contributed by atoms with van der Waals surface area (Å²) in [4.78, 5) is 7.10. The second kappa shape index (κ2) is 9.94. The molecule has 0 radical (unpaired) electrons. The van der Waals surface area contributed by atoms with Crippen LogP contribution in [0.1, 0.15) is 12.8 Å². The van der Waals surface area contributed by atoms with E-state index in [0.29, 0.717) is 37.3 Å². The molecule has 0 spiro atoms. The van der Waals surface area contributed by atoms with Crippen LogP contribution in [-0.4, -0.2) is 66.1 Å². The predicted molar refractivity (Wildman–Crippen MR) is 137 cm³/mol. The zero-order valence-corrected chi connectivity index (χ0v) is 20.3. The topological polar surface area (TPSA) is 82.4 Å². The maximum atomic E-state index is 6.07. The fraction of sp³-hybridized carbons (Fsp3) is 0.333. The van der Waals surface area contributed by atoms with Crippen molar-refractivity contribution in [3.05, 3.63) is 54.6 Å². The fourth-order valence-corrected chi connectivity index (χ4v) is 4.67. The molecular weight excluding hydrogens is 458 g/mol. The van der Waals surface area contributed by atoms with E-state index in [4.69, 9.17) is 24.0 Å². The van der Waals surface area contributed by atoms with Gasteiger partial charge < -0.3 is 24.3 Å². The van der Waals surface area contributed by atoms with Crippen molar-refractivity contribution in [2.45, 2.75) is 12.8 Å². The van der Waals surface area contributed by atoms with Crippen molar-refractivity contribution >= 4 is 17.3 Å². The number of benzene rings is 2. The van der Waals surface area contributed by atoms with E-state index in [1.54, 1.807) is 7.11 Å².